The Morgan fingerprint density at radius 1 is 1.14 bits per heavy atom. The zero-order valence-corrected chi connectivity index (χ0v) is 23.5. The van der Waals surface area contributed by atoms with Gasteiger partial charge in [0.1, 0.15) is 17.5 Å². The summed E-state index contributed by atoms with van der Waals surface area (Å²) in [7, 11) is 1.43. The minimum absolute atomic E-state index is 0. The van der Waals surface area contributed by atoms with E-state index in [2.05, 4.69) is 18.2 Å². The first-order valence-corrected chi connectivity index (χ1v) is 13.9. The van der Waals surface area contributed by atoms with Crippen LogP contribution in [0.15, 0.2) is 18.2 Å². The van der Waals surface area contributed by atoms with Gasteiger partial charge < -0.3 is 19.1 Å². The van der Waals surface area contributed by atoms with Crippen LogP contribution >= 0.6 is 0 Å². The Morgan fingerprint density at radius 3 is 2.30 bits per heavy atom. The molecule has 2 aliphatic carbocycles. The van der Waals surface area contributed by atoms with Crippen molar-refractivity contribution in [3.8, 4) is 5.75 Å². The molecule has 1 saturated heterocycles. The first-order chi connectivity index (χ1) is 17.1. The Bertz CT molecular complexity index is 887. The number of likely N-dealkylation sites (tertiary alicyclic amines) is 1. The van der Waals surface area contributed by atoms with Gasteiger partial charge in [0.25, 0.3) is 0 Å². The van der Waals surface area contributed by atoms with Crippen molar-refractivity contribution in [1.82, 2.24) is 4.90 Å². The molecule has 2 unspecified atom stereocenters. The molecule has 2 aliphatic heterocycles. The highest BCUT2D eigenvalue weighted by Gasteiger charge is 2.56. The summed E-state index contributed by atoms with van der Waals surface area (Å²) in [5.74, 6) is 1.17. The molecule has 37 heavy (non-hydrogen) atoms. The third-order valence-corrected chi connectivity index (χ3v) is 7.23. The van der Waals surface area contributed by atoms with Crippen LogP contribution < -0.4 is 4.74 Å². The van der Waals surface area contributed by atoms with E-state index in [9.17, 15) is 9.59 Å². The van der Waals surface area contributed by atoms with Gasteiger partial charge in [-0.3, -0.25) is 4.79 Å². The second-order valence-corrected chi connectivity index (χ2v) is 11.8. The van der Waals surface area contributed by atoms with Crippen LogP contribution in [-0.4, -0.2) is 48.9 Å². The molecular formula is C31H51NO5. The SMILES string of the molecule is C.C1CC1.CC.COC(=O)C(C)Cc1ccc2c(c1)OC(C1CC3(C1)CN(C(=O)OC(C)(C)C)C3)CC2. The monoisotopic (exact) mass is 517 g/mol. The van der Waals surface area contributed by atoms with Crippen LogP contribution in [0.5, 0.6) is 5.75 Å². The maximum atomic E-state index is 12.2. The molecule has 0 aromatic heterocycles. The molecule has 0 radical (unpaired) electrons. The van der Waals surface area contributed by atoms with Gasteiger partial charge in [-0.15, -0.1) is 0 Å². The number of aryl methyl sites for hydroxylation is 1. The van der Waals surface area contributed by atoms with Crippen molar-refractivity contribution in [2.45, 2.75) is 112 Å². The standard InChI is InChI=1S/C25H35NO5.C3H6.C2H6.CH4/c1-16(22(27)29-5)10-17-6-7-18-8-9-20(30-21(18)11-17)19-12-25(13-19)14-26(15-25)23(28)31-24(2,3)4;1-2-3-1;1-2;/h6-7,11,16,19-20H,8-10,12-15H2,1-5H3;1-3H2;1-2H3;1H4. The van der Waals surface area contributed by atoms with E-state index in [-0.39, 0.29) is 36.9 Å². The summed E-state index contributed by atoms with van der Waals surface area (Å²) in [6.07, 6.45) is 9.50. The molecule has 0 bridgehead atoms. The third-order valence-electron chi connectivity index (χ3n) is 7.23. The zero-order valence-electron chi connectivity index (χ0n) is 23.5. The minimum Gasteiger partial charge on any atom is -0.490 e. The highest BCUT2D eigenvalue weighted by atomic mass is 16.6. The van der Waals surface area contributed by atoms with Crippen LogP contribution in [0.3, 0.4) is 0 Å². The Hall–Kier alpha value is -2.24. The molecule has 6 heteroatoms. The van der Waals surface area contributed by atoms with E-state index in [1.165, 1.54) is 31.9 Å². The van der Waals surface area contributed by atoms with E-state index >= 15 is 0 Å². The largest absolute Gasteiger partial charge is 0.490 e. The molecule has 1 amide bonds. The Balaban J connectivity index is 0.000000733. The number of ether oxygens (including phenoxy) is 3. The van der Waals surface area contributed by atoms with Crippen molar-refractivity contribution >= 4 is 12.1 Å². The second kappa shape index (κ2) is 13.0. The highest BCUT2D eigenvalue weighted by molar-refractivity contribution is 5.72. The van der Waals surface area contributed by atoms with Gasteiger partial charge in [-0.1, -0.05) is 59.6 Å². The van der Waals surface area contributed by atoms with Crippen LogP contribution in [0.2, 0.25) is 0 Å². The molecule has 1 spiro atoms. The predicted molar refractivity (Wildman–Crippen MR) is 149 cm³/mol. The maximum Gasteiger partial charge on any atom is 0.410 e. The molecule has 2 saturated carbocycles. The lowest BCUT2D eigenvalue weighted by atomic mass is 9.56. The van der Waals surface area contributed by atoms with Crippen molar-refractivity contribution < 1.29 is 23.8 Å². The number of hydrogen-bond donors (Lipinski definition) is 0. The van der Waals surface area contributed by atoms with Gasteiger partial charge in [-0.05, 0) is 76.0 Å². The number of nitrogens with zero attached hydrogens (tertiary/aromatic N) is 1. The fourth-order valence-electron chi connectivity index (χ4n) is 5.32. The summed E-state index contributed by atoms with van der Waals surface area (Å²) in [5, 5.41) is 0. The number of hydrogen-bond acceptors (Lipinski definition) is 5. The third kappa shape index (κ3) is 8.38. The fourth-order valence-corrected chi connectivity index (χ4v) is 5.32. The molecular weight excluding hydrogens is 466 g/mol. The zero-order chi connectivity index (χ0) is 26.5. The van der Waals surface area contributed by atoms with Crippen LogP contribution in [0.1, 0.15) is 98.6 Å². The number of esters is 1. The maximum absolute atomic E-state index is 12.2. The van der Waals surface area contributed by atoms with Crippen molar-refractivity contribution in [2.24, 2.45) is 17.3 Å². The number of fused-ring (bicyclic) bond motifs is 1. The van der Waals surface area contributed by atoms with Gasteiger partial charge >= 0.3 is 12.1 Å². The van der Waals surface area contributed by atoms with Gasteiger partial charge in [0.2, 0.25) is 0 Å². The lowest BCUT2D eigenvalue weighted by Gasteiger charge is -2.60. The van der Waals surface area contributed by atoms with Gasteiger partial charge in [0.15, 0.2) is 0 Å². The summed E-state index contributed by atoms with van der Waals surface area (Å²) in [6, 6.07) is 6.33. The summed E-state index contributed by atoms with van der Waals surface area (Å²) in [4.78, 5) is 25.8. The lowest BCUT2D eigenvalue weighted by molar-refractivity contribution is -0.144. The van der Waals surface area contributed by atoms with Crippen LogP contribution in [0.25, 0.3) is 0 Å². The Kier molecular flexibility index (Phi) is 10.9. The molecule has 2 heterocycles. The van der Waals surface area contributed by atoms with E-state index in [1.54, 1.807) is 0 Å². The fraction of sp³-hybridized carbons (Fsp3) is 0.742. The smallest absolute Gasteiger partial charge is 0.410 e. The minimum atomic E-state index is -0.446. The molecule has 0 N–H and O–H groups in total. The molecule has 6 nitrogen and oxygen atoms in total. The van der Waals surface area contributed by atoms with Gasteiger partial charge in [0, 0.05) is 18.5 Å². The van der Waals surface area contributed by atoms with E-state index in [1.807, 2.05) is 46.4 Å². The number of amides is 1. The van der Waals surface area contributed by atoms with Crippen molar-refractivity contribution in [2.75, 3.05) is 20.2 Å². The van der Waals surface area contributed by atoms with Gasteiger partial charge in [0.05, 0.1) is 13.0 Å². The van der Waals surface area contributed by atoms with Crippen molar-refractivity contribution in [3.63, 3.8) is 0 Å². The number of rotatable bonds is 4. The van der Waals surface area contributed by atoms with E-state index in [4.69, 9.17) is 14.2 Å². The summed E-state index contributed by atoms with van der Waals surface area (Å²) >= 11 is 0. The predicted octanol–water partition coefficient (Wildman–Crippen LogP) is 7.21. The Labute approximate surface area is 225 Å². The average molecular weight is 518 g/mol. The normalized spacial score (nSPS) is 21.5. The number of carbonyl (C=O) groups excluding carboxylic acids is 2. The van der Waals surface area contributed by atoms with Gasteiger partial charge in [-0.2, -0.15) is 0 Å². The van der Waals surface area contributed by atoms with E-state index in [0.29, 0.717) is 12.3 Å². The number of benzene rings is 1. The molecule has 1 aromatic rings. The average Bonchev–Trinajstić information content (AvgIpc) is 3.66. The Morgan fingerprint density at radius 2 is 1.76 bits per heavy atom. The van der Waals surface area contributed by atoms with Crippen LogP contribution in [-0.2, 0) is 27.1 Å². The summed E-state index contributed by atoms with van der Waals surface area (Å²) < 4.78 is 16.8. The van der Waals surface area contributed by atoms with Gasteiger partial charge in [-0.25, -0.2) is 4.79 Å². The first kappa shape index (κ1) is 31.0. The van der Waals surface area contributed by atoms with E-state index < -0.39 is 5.60 Å². The first-order valence-electron chi connectivity index (χ1n) is 13.9. The highest BCUT2D eigenvalue weighted by Crippen LogP contribution is 2.54. The molecule has 5 rings (SSSR count). The lowest BCUT2D eigenvalue weighted by Crippen LogP contribution is -2.65. The molecule has 4 aliphatic rings. The van der Waals surface area contributed by atoms with Crippen LogP contribution in [0, 0.1) is 17.3 Å². The molecule has 2 atom stereocenters. The topological polar surface area (TPSA) is 65.1 Å². The van der Waals surface area contributed by atoms with Crippen molar-refractivity contribution in [3.05, 3.63) is 29.3 Å². The number of methoxy groups -OCH3 is 1. The van der Waals surface area contributed by atoms with E-state index in [0.717, 1.165) is 50.1 Å². The van der Waals surface area contributed by atoms with Crippen molar-refractivity contribution in [1.29, 1.82) is 0 Å². The number of carbonyl (C=O) groups is 2. The van der Waals surface area contributed by atoms with Crippen LogP contribution in [0.4, 0.5) is 4.79 Å². The second-order valence-electron chi connectivity index (χ2n) is 11.8. The molecule has 1 aromatic carbocycles. The molecule has 210 valence electrons. The summed E-state index contributed by atoms with van der Waals surface area (Å²) in [5.41, 5.74) is 2.18. The summed E-state index contributed by atoms with van der Waals surface area (Å²) in [6.45, 7) is 13.2. The quantitative estimate of drug-likeness (QED) is 0.395. The molecule has 3 fully saturated rings.